The number of amides is 1. The first-order valence-electron chi connectivity index (χ1n) is 8.22. The maximum absolute atomic E-state index is 12.0. The van der Waals surface area contributed by atoms with Gasteiger partial charge in [-0.25, -0.2) is 4.79 Å². The number of ether oxygens (including phenoxy) is 2. The lowest BCUT2D eigenvalue weighted by Gasteiger charge is -2.08. The molecule has 0 saturated heterocycles. The molecular weight excluding hydrogens is 344 g/mol. The summed E-state index contributed by atoms with van der Waals surface area (Å²) >= 11 is 0. The zero-order valence-electron chi connectivity index (χ0n) is 15.4. The number of hydrogen-bond donors (Lipinski definition) is 1. The molecule has 0 saturated carbocycles. The van der Waals surface area contributed by atoms with Crippen molar-refractivity contribution in [2.75, 3.05) is 19.0 Å². The van der Waals surface area contributed by atoms with E-state index in [2.05, 4.69) is 5.32 Å². The number of hydrogen-bond acceptors (Lipinski definition) is 5. The molecule has 0 atom stereocenters. The van der Waals surface area contributed by atoms with Gasteiger partial charge in [0.1, 0.15) is 17.4 Å². The van der Waals surface area contributed by atoms with Crippen LogP contribution in [0.15, 0.2) is 48.0 Å². The van der Waals surface area contributed by atoms with Gasteiger partial charge in [-0.1, -0.05) is 18.2 Å². The van der Waals surface area contributed by atoms with Gasteiger partial charge in [-0.3, -0.25) is 4.79 Å². The Morgan fingerprint density at radius 1 is 1.11 bits per heavy atom. The van der Waals surface area contributed by atoms with Crippen LogP contribution in [-0.4, -0.2) is 25.6 Å². The predicted molar refractivity (Wildman–Crippen MR) is 102 cm³/mol. The maximum atomic E-state index is 12.0. The minimum Gasteiger partial charge on any atom is -0.497 e. The normalized spacial score (nSPS) is 10.7. The second kappa shape index (κ2) is 9.20. The number of rotatable bonds is 6. The van der Waals surface area contributed by atoms with Gasteiger partial charge in [0, 0.05) is 5.69 Å². The number of aryl methyl sites for hydroxylation is 2. The van der Waals surface area contributed by atoms with Crippen molar-refractivity contribution in [2.24, 2.45) is 0 Å². The van der Waals surface area contributed by atoms with E-state index >= 15 is 0 Å². The minimum atomic E-state index is -0.858. The average Bonchev–Trinajstić information content (AvgIpc) is 2.63. The number of nitrogens with zero attached hydrogens (tertiary/aromatic N) is 1. The molecule has 0 radical (unpaired) electrons. The minimum absolute atomic E-state index is 0.195. The van der Waals surface area contributed by atoms with Crippen LogP contribution >= 0.6 is 0 Å². The summed E-state index contributed by atoms with van der Waals surface area (Å²) in [4.78, 5) is 24.0. The van der Waals surface area contributed by atoms with Gasteiger partial charge in [0.25, 0.3) is 5.91 Å². The van der Waals surface area contributed by atoms with E-state index in [9.17, 15) is 14.9 Å². The van der Waals surface area contributed by atoms with Crippen LogP contribution in [-0.2, 0) is 14.3 Å². The van der Waals surface area contributed by atoms with Gasteiger partial charge in [0.05, 0.1) is 7.11 Å². The molecule has 2 rings (SSSR count). The van der Waals surface area contributed by atoms with E-state index in [0.29, 0.717) is 17.0 Å². The molecule has 1 amide bonds. The van der Waals surface area contributed by atoms with Crippen LogP contribution in [0.5, 0.6) is 5.75 Å². The molecule has 2 aromatic rings. The van der Waals surface area contributed by atoms with Crippen LogP contribution < -0.4 is 10.1 Å². The van der Waals surface area contributed by atoms with Crippen LogP contribution in [0.4, 0.5) is 5.69 Å². The lowest BCUT2D eigenvalue weighted by atomic mass is 10.1. The summed E-state index contributed by atoms with van der Waals surface area (Å²) in [6.45, 7) is 3.37. The number of nitriles is 1. The Labute approximate surface area is 158 Å². The Kier molecular flexibility index (Phi) is 6.73. The second-order valence-corrected chi connectivity index (χ2v) is 5.94. The third-order valence-electron chi connectivity index (χ3n) is 3.61. The SMILES string of the molecule is COc1ccc(/C=C(\C#N)C(=O)OCC(=O)Nc2cc(C)cc(C)c2)cc1. The summed E-state index contributed by atoms with van der Waals surface area (Å²) in [6.07, 6.45) is 1.39. The van der Waals surface area contributed by atoms with E-state index in [1.165, 1.54) is 6.08 Å². The summed E-state index contributed by atoms with van der Waals surface area (Å²) in [5.74, 6) is -0.671. The number of carbonyl (C=O) groups is 2. The number of nitrogens with one attached hydrogen (secondary N) is 1. The van der Waals surface area contributed by atoms with E-state index in [-0.39, 0.29) is 5.57 Å². The molecule has 0 bridgehead atoms. The van der Waals surface area contributed by atoms with Gasteiger partial charge in [-0.2, -0.15) is 5.26 Å². The fraction of sp³-hybridized carbons (Fsp3) is 0.190. The molecule has 138 valence electrons. The highest BCUT2D eigenvalue weighted by atomic mass is 16.5. The largest absolute Gasteiger partial charge is 0.497 e. The highest BCUT2D eigenvalue weighted by molar-refractivity contribution is 6.00. The zero-order chi connectivity index (χ0) is 19.8. The number of methoxy groups -OCH3 is 1. The van der Waals surface area contributed by atoms with Gasteiger partial charge < -0.3 is 14.8 Å². The molecule has 27 heavy (non-hydrogen) atoms. The summed E-state index contributed by atoms with van der Waals surface area (Å²) < 4.78 is 9.99. The first-order chi connectivity index (χ1) is 12.9. The molecule has 6 nitrogen and oxygen atoms in total. The summed E-state index contributed by atoms with van der Waals surface area (Å²) in [5.41, 5.74) is 3.10. The first-order valence-corrected chi connectivity index (χ1v) is 8.22. The predicted octanol–water partition coefficient (Wildman–Crippen LogP) is 3.40. The lowest BCUT2D eigenvalue weighted by Crippen LogP contribution is -2.21. The molecule has 0 aromatic heterocycles. The van der Waals surface area contributed by atoms with Crippen molar-refractivity contribution in [3.05, 3.63) is 64.7 Å². The van der Waals surface area contributed by atoms with Gasteiger partial charge in [-0.05, 0) is 60.9 Å². The maximum Gasteiger partial charge on any atom is 0.349 e. The average molecular weight is 364 g/mol. The molecular formula is C21H20N2O4. The Balaban J connectivity index is 1.96. The number of carbonyl (C=O) groups excluding carboxylic acids is 2. The molecule has 0 unspecified atom stereocenters. The lowest BCUT2D eigenvalue weighted by molar-refractivity contribution is -0.142. The summed E-state index contributed by atoms with van der Waals surface area (Å²) in [5, 5.41) is 11.8. The highest BCUT2D eigenvalue weighted by Gasteiger charge is 2.13. The standard InChI is InChI=1S/C21H20N2O4/c1-14-8-15(2)10-18(9-14)23-20(24)13-27-21(25)17(12-22)11-16-4-6-19(26-3)7-5-16/h4-11H,13H2,1-3H3,(H,23,24)/b17-11+. The van der Waals surface area contributed by atoms with Crippen LogP contribution in [0.3, 0.4) is 0 Å². The zero-order valence-corrected chi connectivity index (χ0v) is 15.4. The van der Waals surface area contributed by atoms with E-state index in [1.807, 2.05) is 32.0 Å². The van der Waals surface area contributed by atoms with Gasteiger partial charge in [0.15, 0.2) is 6.61 Å². The molecule has 2 aromatic carbocycles. The molecule has 1 N–H and O–H groups in total. The van der Waals surface area contributed by atoms with Crippen molar-refractivity contribution in [3.63, 3.8) is 0 Å². The molecule has 0 aliphatic carbocycles. The van der Waals surface area contributed by atoms with Crippen molar-refractivity contribution < 1.29 is 19.1 Å². The summed E-state index contributed by atoms with van der Waals surface area (Å²) in [7, 11) is 1.55. The molecule has 0 spiro atoms. The van der Waals surface area contributed by atoms with Crippen molar-refractivity contribution in [2.45, 2.75) is 13.8 Å². The van der Waals surface area contributed by atoms with E-state index < -0.39 is 18.5 Å². The number of esters is 1. The smallest absolute Gasteiger partial charge is 0.349 e. The van der Waals surface area contributed by atoms with E-state index in [0.717, 1.165) is 11.1 Å². The Hall–Kier alpha value is -3.59. The van der Waals surface area contributed by atoms with Crippen LogP contribution in [0, 0.1) is 25.2 Å². The molecule has 0 aliphatic rings. The second-order valence-electron chi connectivity index (χ2n) is 5.94. The molecule has 0 aliphatic heterocycles. The quantitative estimate of drug-likeness (QED) is 0.482. The third-order valence-corrected chi connectivity index (χ3v) is 3.61. The molecule has 0 fully saturated rings. The van der Waals surface area contributed by atoms with Gasteiger partial charge in [0.2, 0.25) is 0 Å². The monoisotopic (exact) mass is 364 g/mol. The van der Waals surface area contributed by atoms with Crippen molar-refractivity contribution in [1.82, 2.24) is 0 Å². The van der Waals surface area contributed by atoms with Crippen LogP contribution in [0.1, 0.15) is 16.7 Å². The van der Waals surface area contributed by atoms with Crippen LogP contribution in [0.25, 0.3) is 6.08 Å². The molecule has 0 heterocycles. The Morgan fingerprint density at radius 2 is 1.74 bits per heavy atom. The van der Waals surface area contributed by atoms with E-state index in [4.69, 9.17) is 9.47 Å². The fourth-order valence-electron chi connectivity index (χ4n) is 2.46. The summed E-state index contributed by atoms with van der Waals surface area (Å²) in [6, 6.07) is 14.2. The number of anilines is 1. The Bertz CT molecular complexity index is 889. The van der Waals surface area contributed by atoms with Crippen molar-refractivity contribution in [1.29, 1.82) is 5.26 Å². The highest BCUT2D eigenvalue weighted by Crippen LogP contribution is 2.15. The van der Waals surface area contributed by atoms with Crippen LogP contribution in [0.2, 0.25) is 0 Å². The van der Waals surface area contributed by atoms with Gasteiger partial charge >= 0.3 is 5.97 Å². The first kappa shape index (κ1) is 19.7. The van der Waals surface area contributed by atoms with Gasteiger partial charge in [-0.15, -0.1) is 0 Å². The number of benzene rings is 2. The topological polar surface area (TPSA) is 88.4 Å². The van der Waals surface area contributed by atoms with Crippen molar-refractivity contribution >= 4 is 23.6 Å². The Morgan fingerprint density at radius 3 is 2.30 bits per heavy atom. The fourth-order valence-corrected chi connectivity index (χ4v) is 2.46. The molecule has 6 heteroatoms. The third kappa shape index (κ3) is 6.01. The van der Waals surface area contributed by atoms with Crippen molar-refractivity contribution in [3.8, 4) is 11.8 Å². The van der Waals surface area contributed by atoms with E-state index in [1.54, 1.807) is 37.4 Å².